The smallest absolute Gasteiger partial charge is 0.335 e. The van der Waals surface area contributed by atoms with Crippen molar-refractivity contribution < 1.29 is 18.8 Å². The maximum absolute atomic E-state index is 13.7. The van der Waals surface area contributed by atoms with Gasteiger partial charge in [0.05, 0.1) is 11.7 Å². The van der Waals surface area contributed by atoms with Crippen molar-refractivity contribution >= 4 is 29.2 Å². The summed E-state index contributed by atoms with van der Waals surface area (Å²) >= 11 is 0. The summed E-state index contributed by atoms with van der Waals surface area (Å²) in [5.74, 6) is -1.56. The van der Waals surface area contributed by atoms with E-state index in [1.807, 2.05) is 24.3 Å². The lowest BCUT2D eigenvalue weighted by Gasteiger charge is -2.49. The standard InChI is InChI=1S/C21H18FN3O3/c22-14-7-9-15(10-8-14)25-19(27)21(18(26)23-20(25)28)12-13-4-1-2-5-16(13)24-11-3-6-17(21)24/h1-2,4-5,7-10,17H,3,6,11-12H2,(H,23,26,28)/t17-,21-/m0/s1. The highest BCUT2D eigenvalue weighted by Gasteiger charge is 2.62. The van der Waals surface area contributed by atoms with Crippen LogP contribution in [0.25, 0.3) is 0 Å². The lowest BCUT2D eigenvalue weighted by Crippen LogP contribution is -2.71. The van der Waals surface area contributed by atoms with Gasteiger partial charge in [0.25, 0.3) is 5.91 Å². The van der Waals surface area contributed by atoms with E-state index in [1.54, 1.807) is 0 Å². The number of rotatable bonds is 1. The number of hydrogen-bond acceptors (Lipinski definition) is 4. The first-order chi connectivity index (χ1) is 13.5. The first-order valence-electron chi connectivity index (χ1n) is 9.32. The Morgan fingerprint density at radius 1 is 1.04 bits per heavy atom. The van der Waals surface area contributed by atoms with Gasteiger partial charge < -0.3 is 4.90 Å². The highest BCUT2D eigenvalue weighted by atomic mass is 19.1. The molecule has 0 aromatic heterocycles. The Morgan fingerprint density at radius 3 is 2.57 bits per heavy atom. The number of hydrogen-bond donors (Lipinski definition) is 1. The van der Waals surface area contributed by atoms with Gasteiger partial charge in [0, 0.05) is 12.2 Å². The molecule has 2 aromatic carbocycles. The molecule has 0 aliphatic carbocycles. The fourth-order valence-corrected chi connectivity index (χ4v) is 4.85. The zero-order chi connectivity index (χ0) is 19.5. The van der Waals surface area contributed by atoms with E-state index in [4.69, 9.17) is 0 Å². The molecule has 1 N–H and O–H groups in total. The molecule has 3 heterocycles. The van der Waals surface area contributed by atoms with E-state index in [9.17, 15) is 18.8 Å². The summed E-state index contributed by atoms with van der Waals surface area (Å²) in [7, 11) is 0. The minimum absolute atomic E-state index is 0.236. The van der Waals surface area contributed by atoms with Crippen molar-refractivity contribution in [1.82, 2.24) is 5.32 Å². The van der Waals surface area contributed by atoms with Crippen LogP contribution in [0.4, 0.5) is 20.6 Å². The molecular formula is C21H18FN3O3. The van der Waals surface area contributed by atoms with Crippen LogP contribution in [0.3, 0.4) is 0 Å². The summed E-state index contributed by atoms with van der Waals surface area (Å²) in [6, 6.07) is 11.8. The van der Waals surface area contributed by atoms with Crippen LogP contribution in [0.2, 0.25) is 0 Å². The normalized spacial score (nSPS) is 26.3. The average molecular weight is 379 g/mol. The molecule has 7 heteroatoms. The molecule has 1 spiro atoms. The van der Waals surface area contributed by atoms with Crippen molar-refractivity contribution in [3.63, 3.8) is 0 Å². The highest BCUT2D eigenvalue weighted by molar-refractivity contribution is 6.30. The third kappa shape index (κ3) is 2.16. The summed E-state index contributed by atoms with van der Waals surface area (Å²) in [6.07, 6.45) is 1.80. The van der Waals surface area contributed by atoms with Crippen LogP contribution >= 0.6 is 0 Å². The van der Waals surface area contributed by atoms with E-state index in [0.29, 0.717) is 6.42 Å². The minimum Gasteiger partial charge on any atom is -0.367 e. The quantitative estimate of drug-likeness (QED) is 0.774. The Morgan fingerprint density at radius 2 is 1.79 bits per heavy atom. The molecule has 2 atom stereocenters. The van der Waals surface area contributed by atoms with E-state index in [0.717, 1.165) is 29.1 Å². The number of nitrogens with zero attached hydrogens (tertiary/aromatic N) is 2. The molecule has 5 rings (SSSR count). The topological polar surface area (TPSA) is 69.7 Å². The Labute approximate surface area is 160 Å². The summed E-state index contributed by atoms with van der Waals surface area (Å²) in [4.78, 5) is 42.4. The average Bonchev–Trinajstić information content (AvgIpc) is 3.18. The summed E-state index contributed by atoms with van der Waals surface area (Å²) in [5.41, 5.74) is 0.825. The van der Waals surface area contributed by atoms with Crippen molar-refractivity contribution in [3.05, 3.63) is 59.9 Å². The second-order valence-electron chi connectivity index (χ2n) is 7.50. The number of carbonyl (C=O) groups excluding carboxylic acids is 3. The first-order valence-corrected chi connectivity index (χ1v) is 9.32. The molecule has 28 heavy (non-hydrogen) atoms. The van der Waals surface area contributed by atoms with E-state index in [2.05, 4.69) is 10.2 Å². The van der Waals surface area contributed by atoms with Crippen LogP contribution in [0.15, 0.2) is 48.5 Å². The molecule has 0 unspecified atom stereocenters. The number of barbiturate groups is 1. The number of para-hydroxylation sites is 1. The lowest BCUT2D eigenvalue weighted by atomic mass is 9.68. The fraction of sp³-hybridized carbons (Fsp3) is 0.286. The lowest BCUT2D eigenvalue weighted by molar-refractivity contribution is -0.144. The number of imide groups is 2. The van der Waals surface area contributed by atoms with Gasteiger partial charge in [-0.25, -0.2) is 14.1 Å². The number of nitrogens with one attached hydrogen (secondary N) is 1. The number of carbonyl (C=O) groups is 3. The van der Waals surface area contributed by atoms with Gasteiger partial charge in [-0.1, -0.05) is 18.2 Å². The van der Waals surface area contributed by atoms with Gasteiger partial charge >= 0.3 is 6.03 Å². The van der Waals surface area contributed by atoms with Crippen molar-refractivity contribution in [3.8, 4) is 0 Å². The van der Waals surface area contributed by atoms with E-state index >= 15 is 0 Å². The summed E-state index contributed by atoms with van der Waals surface area (Å²) in [6.45, 7) is 0.758. The maximum Gasteiger partial charge on any atom is 0.335 e. The zero-order valence-corrected chi connectivity index (χ0v) is 15.0. The third-order valence-corrected chi connectivity index (χ3v) is 6.09. The molecule has 6 nitrogen and oxygen atoms in total. The van der Waals surface area contributed by atoms with Gasteiger partial charge in [-0.3, -0.25) is 14.9 Å². The van der Waals surface area contributed by atoms with Crippen LogP contribution in [0.1, 0.15) is 18.4 Å². The number of halogens is 1. The van der Waals surface area contributed by atoms with Gasteiger partial charge in [0.1, 0.15) is 5.82 Å². The predicted octanol–water partition coefficient (Wildman–Crippen LogP) is 2.62. The molecule has 4 amide bonds. The Hall–Kier alpha value is -3.22. The number of anilines is 2. The molecule has 0 radical (unpaired) electrons. The number of amides is 4. The van der Waals surface area contributed by atoms with Crippen LogP contribution in [-0.4, -0.2) is 30.4 Å². The van der Waals surface area contributed by atoms with Gasteiger partial charge in [0.15, 0.2) is 5.41 Å². The maximum atomic E-state index is 13.7. The zero-order valence-electron chi connectivity index (χ0n) is 15.0. The van der Waals surface area contributed by atoms with Crippen molar-refractivity contribution in [2.75, 3.05) is 16.3 Å². The predicted molar refractivity (Wildman–Crippen MR) is 100 cm³/mol. The van der Waals surface area contributed by atoms with Crippen LogP contribution in [-0.2, 0) is 16.0 Å². The van der Waals surface area contributed by atoms with Crippen molar-refractivity contribution in [2.24, 2.45) is 5.41 Å². The second-order valence-corrected chi connectivity index (χ2v) is 7.50. The largest absolute Gasteiger partial charge is 0.367 e. The third-order valence-electron chi connectivity index (χ3n) is 6.09. The van der Waals surface area contributed by atoms with Gasteiger partial charge in [0.2, 0.25) is 5.91 Å². The van der Waals surface area contributed by atoms with Crippen LogP contribution < -0.4 is 15.1 Å². The van der Waals surface area contributed by atoms with Crippen LogP contribution in [0, 0.1) is 11.2 Å². The van der Waals surface area contributed by atoms with E-state index < -0.39 is 29.1 Å². The molecular weight excluding hydrogens is 361 g/mol. The number of urea groups is 1. The summed E-state index contributed by atoms with van der Waals surface area (Å²) in [5, 5.41) is 2.38. The Balaban J connectivity index is 1.65. The molecule has 0 bridgehead atoms. The molecule has 0 saturated carbocycles. The van der Waals surface area contributed by atoms with Gasteiger partial charge in [-0.05, 0) is 55.2 Å². The van der Waals surface area contributed by atoms with Crippen molar-refractivity contribution in [2.45, 2.75) is 25.3 Å². The first kappa shape index (κ1) is 16.9. The molecule has 2 aromatic rings. The molecule has 2 fully saturated rings. The monoisotopic (exact) mass is 379 g/mol. The second kappa shape index (κ2) is 5.89. The molecule has 2 saturated heterocycles. The van der Waals surface area contributed by atoms with Gasteiger partial charge in [-0.15, -0.1) is 0 Å². The SMILES string of the molecule is O=C1NC(=O)[C@@]2(Cc3ccccc3N3CCC[C@H]32)C(=O)N1c1ccc(F)cc1. The Bertz CT molecular complexity index is 1010. The number of benzene rings is 2. The Kier molecular flexibility index (Phi) is 3.56. The number of fused-ring (bicyclic) bond motifs is 4. The van der Waals surface area contributed by atoms with E-state index in [-0.39, 0.29) is 18.2 Å². The van der Waals surface area contributed by atoms with Crippen molar-refractivity contribution in [1.29, 1.82) is 0 Å². The minimum atomic E-state index is -1.38. The van der Waals surface area contributed by atoms with E-state index in [1.165, 1.54) is 24.3 Å². The highest BCUT2D eigenvalue weighted by Crippen LogP contribution is 2.48. The molecule has 3 aliphatic rings. The summed E-state index contributed by atoms with van der Waals surface area (Å²) < 4.78 is 13.3. The molecule has 3 aliphatic heterocycles. The van der Waals surface area contributed by atoms with Crippen LogP contribution in [0.5, 0.6) is 0 Å². The molecule has 142 valence electrons. The fourth-order valence-electron chi connectivity index (χ4n) is 4.85. The van der Waals surface area contributed by atoms with Gasteiger partial charge in [-0.2, -0.15) is 0 Å².